The number of nitrogens with zero attached hydrogens (tertiary/aromatic N) is 3. The fourth-order valence-corrected chi connectivity index (χ4v) is 10.8. The first kappa shape index (κ1) is 50.7. The molecular weight excluding hydrogens is 947 g/mol. The van der Waals surface area contributed by atoms with Crippen LogP contribution in [0.2, 0.25) is 0 Å². The minimum atomic E-state index is -2.20. The minimum Gasteiger partial charge on any atom is -0.491 e. The number of aliphatic hydroxyl groups is 1. The van der Waals surface area contributed by atoms with Gasteiger partial charge < -0.3 is 50.6 Å². The number of nitrogens with two attached hydrogens (primary N) is 1. The van der Waals surface area contributed by atoms with Crippen molar-refractivity contribution in [3.05, 3.63) is 155 Å². The lowest BCUT2D eigenvalue weighted by Gasteiger charge is -2.46. The van der Waals surface area contributed by atoms with Gasteiger partial charge in [-0.15, -0.1) is 0 Å². The van der Waals surface area contributed by atoms with Gasteiger partial charge in [-0.25, -0.2) is 19.3 Å². The van der Waals surface area contributed by atoms with Crippen molar-refractivity contribution < 1.29 is 52.8 Å². The van der Waals surface area contributed by atoms with Gasteiger partial charge in [0.25, 0.3) is 0 Å². The van der Waals surface area contributed by atoms with Crippen LogP contribution in [-0.4, -0.2) is 111 Å². The van der Waals surface area contributed by atoms with E-state index in [1.807, 2.05) is 77.7 Å². The lowest BCUT2D eigenvalue weighted by molar-refractivity contribution is -0.177. The van der Waals surface area contributed by atoms with E-state index >= 15 is 19.2 Å². The molecular formula is C56H57N7O11. The Balaban J connectivity index is 1.33. The van der Waals surface area contributed by atoms with Crippen LogP contribution in [0.15, 0.2) is 127 Å². The number of cyclic esters (lactones) is 1. The number of imide groups is 1. The van der Waals surface area contributed by atoms with Crippen molar-refractivity contribution >= 4 is 52.9 Å². The van der Waals surface area contributed by atoms with Crippen molar-refractivity contribution in [3.8, 4) is 17.6 Å². The highest BCUT2D eigenvalue weighted by Gasteiger charge is 2.75. The zero-order valence-electron chi connectivity index (χ0n) is 41.1. The summed E-state index contributed by atoms with van der Waals surface area (Å²) < 4.78 is 23.3. The molecule has 4 heterocycles. The molecule has 0 bridgehead atoms. The van der Waals surface area contributed by atoms with E-state index in [1.165, 1.54) is 13.2 Å². The molecule has 74 heavy (non-hydrogen) atoms. The summed E-state index contributed by atoms with van der Waals surface area (Å²) in [5, 5.41) is 18.1. The summed E-state index contributed by atoms with van der Waals surface area (Å²) in [6, 6.07) is 30.7. The average Bonchev–Trinajstić information content (AvgIpc) is 3.88. The summed E-state index contributed by atoms with van der Waals surface area (Å²) in [5.41, 5.74) is 6.68. The van der Waals surface area contributed by atoms with Gasteiger partial charge in [-0.1, -0.05) is 98.5 Å². The number of rotatable bonds is 13. The summed E-state index contributed by atoms with van der Waals surface area (Å²) in [6.07, 6.45) is -0.998. The number of morpholine rings is 2. The van der Waals surface area contributed by atoms with Crippen molar-refractivity contribution in [1.29, 1.82) is 0 Å². The molecule has 6 amide bonds. The second-order valence-corrected chi connectivity index (χ2v) is 18.6. The number of primary amides is 1. The highest BCUT2D eigenvalue weighted by molar-refractivity contribution is 6.25. The van der Waals surface area contributed by atoms with E-state index < -0.39 is 83.3 Å². The lowest BCUT2D eigenvalue weighted by Crippen LogP contribution is -2.57. The molecule has 3 fully saturated rings. The Morgan fingerprint density at radius 2 is 1.54 bits per heavy atom. The van der Waals surface area contributed by atoms with E-state index in [-0.39, 0.29) is 31.0 Å². The van der Waals surface area contributed by atoms with Crippen LogP contribution in [0.25, 0.3) is 0 Å². The molecule has 3 saturated heterocycles. The van der Waals surface area contributed by atoms with Gasteiger partial charge in [0.2, 0.25) is 11.8 Å². The molecule has 4 aliphatic rings. The number of aliphatic hydroxyl groups excluding tert-OH is 1. The van der Waals surface area contributed by atoms with Crippen molar-refractivity contribution in [1.82, 2.24) is 15.5 Å². The van der Waals surface area contributed by atoms with Gasteiger partial charge >= 0.3 is 24.0 Å². The predicted octanol–water partition coefficient (Wildman–Crippen LogP) is 5.13. The second-order valence-electron chi connectivity index (χ2n) is 18.6. The molecule has 0 saturated carbocycles. The molecule has 5 aromatic rings. The molecule has 1 spiro atoms. The third-order valence-electron chi connectivity index (χ3n) is 14.0. The summed E-state index contributed by atoms with van der Waals surface area (Å²) in [5.74, 6) is 0.860. The molecule has 0 radical (unpaired) electrons. The third kappa shape index (κ3) is 9.60. The number of fused-ring (bicyclic) bond motifs is 3. The van der Waals surface area contributed by atoms with Crippen molar-refractivity contribution in [3.63, 3.8) is 0 Å². The number of hydrogen-bond donors (Lipinski definition) is 5. The number of carbonyl (C=O) groups is 6. The highest BCUT2D eigenvalue weighted by atomic mass is 16.6. The molecule has 0 aromatic heterocycles. The van der Waals surface area contributed by atoms with Gasteiger partial charge in [-0.3, -0.25) is 19.3 Å². The Labute approximate surface area is 428 Å². The number of carbonyl (C=O) groups excluding carboxylic acids is 6. The Hall–Kier alpha value is -8.24. The average molecular weight is 1000 g/mol. The number of hydrogen-bond acceptors (Lipinski definition) is 13. The number of ether oxygens (including phenoxy) is 4. The fourth-order valence-electron chi connectivity index (χ4n) is 10.8. The molecule has 7 atom stereocenters. The van der Waals surface area contributed by atoms with Crippen LogP contribution in [0.3, 0.4) is 0 Å². The van der Waals surface area contributed by atoms with Crippen LogP contribution in [-0.2, 0) is 38.8 Å². The number of amides is 6. The van der Waals surface area contributed by atoms with E-state index in [9.17, 15) is 14.7 Å². The maximum absolute atomic E-state index is 16.8. The second kappa shape index (κ2) is 21.9. The zero-order chi connectivity index (χ0) is 52.1. The minimum absolute atomic E-state index is 0.0510. The number of nitrogens with one attached hydrogen (secondary N) is 3. The zero-order valence-corrected chi connectivity index (χ0v) is 41.1. The molecule has 0 aliphatic carbocycles. The predicted molar refractivity (Wildman–Crippen MR) is 273 cm³/mol. The van der Waals surface area contributed by atoms with E-state index in [0.29, 0.717) is 60.0 Å². The third-order valence-corrected chi connectivity index (χ3v) is 14.0. The standard InChI is InChI=1S/C56H57N7O11/c1-34(2)45(51(66)71-3)60-55(70)62-43-24-19-35(12-11-25-58-54(57)69)32-42(43)56(53(62)68)44(50(65)59-39-20-22-40(23-21-39)61-26-29-72-30-27-61)47-52(67)74-48(37-15-8-5-9-16-37)46(36-13-6-4-7-14-36)63(47)49(56)38-17-10-18-41(33-38)73-31-28-64/h4-10,13-24,32-34,44-49,64H,25-31H2,1-3H3,(H,59,65)(H,60,70)(H3,57,58,69)/t44-,45-,46-,47-,48+,49+,56-/m0/s1. The van der Waals surface area contributed by atoms with E-state index in [2.05, 4.69) is 32.7 Å². The highest BCUT2D eigenvalue weighted by Crippen LogP contribution is 2.66. The topological polar surface area (TPSA) is 231 Å². The fraction of sp³-hybridized carbons (Fsp3) is 0.321. The molecule has 4 aliphatic heterocycles. The van der Waals surface area contributed by atoms with Crippen molar-refractivity contribution in [2.75, 3.05) is 68.3 Å². The van der Waals surface area contributed by atoms with Gasteiger partial charge in [0, 0.05) is 30.0 Å². The quantitative estimate of drug-likeness (QED) is 0.0763. The molecule has 0 unspecified atom stereocenters. The van der Waals surface area contributed by atoms with Crippen LogP contribution < -0.4 is 36.2 Å². The van der Waals surface area contributed by atoms with Crippen LogP contribution in [0.1, 0.15) is 59.9 Å². The Kier molecular flexibility index (Phi) is 15.0. The lowest BCUT2D eigenvalue weighted by atomic mass is 9.65. The van der Waals surface area contributed by atoms with Gasteiger partial charge in [0.1, 0.15) is 36.0 Å². The van der Waals surface area contributed by atoms with Gasteiger partial charge in [0.15, 0.2) is 0 Å². The first-order valence-electron chi connectivity index (χ1n) is 24.4. The van der Waals surface area contributed by atoms with Gasteiger partial charge in [-0.2, -0.15) is 0 Å². The number of anilines is 3. The number of benzene rings is 5. The number of urea groups is 2. The number of methoxy groups -OCH3 is 1. The maximum Gasteiger partial charge on any atom is 0.329 e. The Morgan fingerprint density at radius 1 is 0.851 bits per heavy atom. The number of esters is 2. The molecule has 382 valence electrons. The van der Waals surface area contributed by atoms with Gasteiger partial charge in [0.05, 0.1) is 57.2 Å². The van der Waals surface area contributed by atoms with Crippen LogP contribution in [0.5, 0.6) is 5.75 Å². The Morgan fingerprint density at radius 3 is 2.20 bits per heavy atom. The van der Waals surface area contributed by atoms with Crippen LogP contribution >= 0.6 is 0 Å². The van der Waals surface area contributed by atoms with Crippen LogP contribution in [0.4, 0.5) is 26.7 Å². The first-order valence-corrected chi connectivity index (χ1v) is 24.4. The summed E-state index contributed by atoms with van der Waals surface area (Å²) >= 11 is 0. The van der Waals surface area contributed by atoms with E-state index in [4.69, 9.17) is 24.7 Å². The van der Waals surface area contributed by atoms with E-state index in [1.54, 1.807) is 62.4 Å². The first-order chi connectivity index (χ1) is 35.9. The molecule has 18 nitrogen and oxygen atoms in total. The Bertz CT molecular complexity index is 2980. The molecule has 18 heteroatoms. The summed E-state index contributed by atoms with van der Waals surface area (Å²) in [4.78, 5) is 93.4. The SMILES string of the molecule is COC(=O)[C@@H](NC(=O)N1C(=O)[C@@]2(c3cc(C#CCNC(N)=O)ccc31)[C@H](C(=O)Nc1ccc(N3CCOCC3)cc1)[C@H]1C(=O)O[C@H](c3ccccc3)[C@H](c3ccccc3)N1[C@@H]2c1cccc(OCCO)c1)C(C)C. The van der Waals surface area contributed by atoms with Gasteiger partial charge in [-0.05, 0) is 82.8 Å². The summed E-state index contributed by atoms with van der Waals surface area (Å²) in [6.45, 7) is 5.39. The van der Waals surface area contributed by atoms with Crippen molar-refractivity contribution in [2.24, 2.45) is 17.6 Å². The smallest absolute Gasteiger partial charge is 0.329 e. The maximum atomic E-state index is 16.8. The monoisotopic (exact) mass is 1000 g/mol. The largest absolute Gasteiger partial charge is 0.491 e. The molecule has 5 aromatic carbocycles. The normalized spacial score (nSPS) is 22.4. The van der Waals surface area contributed by atoms with Crippen molar-refractivity contribution in [2.45, 2.75) is 49.5 Å². The van der Waals surface area contributed by atoms with E-state index in [0.717, 1.165) is 10.6 Å². The van der Waals surface area contributed by atoms with Crippen LogP contribution in [0, 0.1) is 23.7 Å². The summed E-state index contributed by atoms with van der Waals surface area (Å²) in [7, 11) is 1.19. The molecule has 6 N–H and O–H groups in total. The molecule has 9 rings (SSSR count).